The number of hydrogen-bond donors (Lipinski definition) is 1. The Hall–Kier alpha value is -1.84. The van der Waals surface area contributed by atoms with E-state index in [1.165, 1.54) is 26.2 Å². The zero-order chi connectivity index (χ0) is 15.2. The molecule has 4 heteroatoms. The van der Waals surface area contributed by atoms with Gasteiger partial charge < -0.3 is 4.84 Å². The van der Waals surface area contributed by atoms with Crippen LogP contribution >= 0.6 is 0 Å². The fraction of sp³-hybridized carbons (Fsp3) is 0.529. The van der Waals surface area contributed by atoms with E-state index >= 15 is 0 Å². The van der Waals surface area contributed by atoms with Crippen LogP contribution in [0.4, 0.5) is 5.69 Å². The maximum atomic E-state index is 11.8. The molecule has 0 atom stereocenters. The molecule has 2 rings (SSSR count). The van der Waals surface area contributed by atoms with Gasteiger partial charge in [0.1, 0.15) is 0 Å². The Kier molecular flexibility index (Phi) is 5.37. The van der Waals surface area contributed by atoms with Crippen LogP contribution in [-0.2, 0) is 22.5 Å². The average molecular weight is 289 g/mol. The van der Waals surface area contributed by atoms with Crippen LogP contribution in [0.5, 0.6) is 0 Å². The van der Waals surface area contributed by atoms with E-state index in [2.05, 4.69) is 18.5 Å². The highest BCUT2D eigenvalue weighted by molar-refractivity contribution is 6.01. The molecule has 0 unspecified atom stereocenters. The summed E-state index contributed by atoms with van der Waals surface area (Å²) in [5, 5.41) is 0. The fourth-order valence-electron chi connectivity index (χ4n) is 2.72. The topological polar surface area (TPSA) is 55.4 Å². The number of benzene rings is 1. The normalized spacial score (nSPS) is 13.1. The van der Waals surface area contributed by atoms with Crippen molar-refractivity contribution < 1.29 is 14.4 Å². The van der Waals surface area contributed by atoms with Gasteiger partial charge in [0, 0.05) is 18.9 Å². The molecular weight excluding hydrogens is 266 g/mol. The van der Waals surface area contributed by atoms with E-state index in [4.69, 9.17) is 4.84 Å². The molecule has 0 fully saturated rings. The van der Waals surface area contributed by atoms with Crippen LogP contribution in [0.2, 0.25) is 0 Å². The predicted molar refractivity (Wildman–Crippen MR) is 82.3 cm³/mol. The van der Waals surface area contributed by atoms with Crippen molar-refractivity contribution in [1.82, 2.24) is 0 Å². The molecule has 1 aliphatic carbocycles. The lowest BCUT2D eigenvalue weighted by atomic mass is 9.99. The van der Waals surface area contributed by atoms with E-state index in [1.54, 1.807) is 0 Å². The number of nitrogens with one attached hydrogen (secondary N) is 1. The van der Waals surface area contributed by atoms with Crippen LogP contribution in [-0.4, -0.2) is 11.8 Å². The standard InChI is InChI=1S/C17H23NO3/c1-3-4-5-6-7-14-10-13-8-9-17(20)15(13)11-16(14)18-21-12(2)19/h10-11,18H,3-9H2,1-2H3. The zero-order valence-corrected chi connectivity index (χ0v) is 12.8. The van der Waals surface area contributed by atoms with E-state index in [-0.39, 0.29) is 5.78 Å². The predicted octanol–water partition coefficient (Wildman–Crippen LogP) is 3.83. The molecular formula is C17H23NO3. The molecule has 1 aromatic carbocycles. The fourth-order valence-corrected chi connectivity index (χ4v) is 2.72. The minimum absolute atomic E-state index is 0.174. The number of aryl methyl sites for hydroxylation is 2. The number of rotatable bonds is 7. The van der Waals surface area contributed by atoms with Crippen LogP contribution in [0.15, 0.2) is 12.1 Å². The minimum atomic E-state index is -0.390. The Balaban J connectivity index is 2.15. The molecule has 114 valence electrons. The molecule has 21 heavy (non-hydrogen) atoms. The first-order chi connectivity index (χ1) is 10.1. The molecule has 0 amide bonds. The Morgan fingerprint density at radius 3 is 2.76 bits per heavy atom. The van der Waals surface area contributed by atoms with Gasteiger partial charge in [0.15, 0.2) is 5.78 Å². The van der Waals surface area contributed by atoms with Crippen molar-refractivity contribution >= 4 is 17.4 Å². The molecule has 1 aromatic rings. The van der Waals surface area contributed by atoms with Gasteiger partial charge in [0.25, 0.3) is 0 Å². The van der Waals surface area contributed by atoms with Crippen LogP contribution < -0.4 is 5.48 Å². The molecule has 0 heterocycles. The Bertz CT molecular complexity index is 537. The summed E-state index contributed by atoms with van der Waals surface area (Å²) in [5.41, 5.74) is 6.46. The molecule has 0 radical (unpaired) electrons. The Labute approximate surface area is 125 Å². The number of hydrogen-bond acceptors (Lipinski definition) is 4. The molecule has 0 aliphatic heterocycles. The molecule has 4 nitrogen and oxygen atoms in total. The van der Waals surface area contributed by atoms with Gasteiger partial charge in [0.05, 0.1) is 5.69 Å². The largest absolute Gasteiger partial charge is 0.344 e. The maximum Gasteiger partial charge on any atom is 0.329 e. The van der Waals surface area contributed by atoms with Gasteiger partial charge in [-0.3, -0.25) is 9.59 Å². The first kappa shape index (κ1) is 15.5. The van der Waals surface area contributed by atoms with Gasteiger partial charge >= 0.3 is 5.97 Å². The van der Waals surface area contributed by atoms with Crippen molar-refractivity contribution in [3.05, 3.63) is 28.8 Å². The first-order valence-electron chi connectivity index (χ1n) is 7.74. The van der Waals surface area contributed by atoms with Crippen LogP contribution in [0.1, 0.15) is 67.4 Å². The highest BCUT2D eigenvalue weighted by Gasteiger charge is 2.21. The monoisotopic (exact) mass is 289 g/mol. The lowest BCUT2D eigenvalue weighted by Crippen LogP contribution is -2.09. The number of carbonyl (C=O) groups excluding carboxylic acids is 2. The van der Waals surface area contributed by atoms with Gasteiger partial charge in [-0.1, -0.05) is 32.3 Å². The molecule has 0 aromatic heterocycles. The first-order valence-corrected chi connectivity index (χ1v) is 7.74. The molecule has 0 saturated carbocycles. The Morgan fingerprint density at radius 1 is 1.24 bits per heavy atom. The average Bonchev–Trinajstić information content (AvgIpc) is 2.81. The van der Waals surface area contributed by atoms with Crippen LogP contribution in [0.3, 0.4) is 0 Å². The SMILES string of the molecule is CCCCCCc1cc2c(cc1NOC(C)=O)C(=O)CC2. The van der Waals surface area contributed by atoms with Crippen molar-refractivity contribution in [2.24, 2.45) is 0 Å². The van der Waals surface area contributed by atoms with E-state index in [0.717, 1.165) is 41.6 Å². The summed E-state index contributed by atoms with van der Waals surface area (Å²) >= 11 is 0. The number of Topliss-reactive ketones (excluding diaryl/α,β-unsaturated/α-hetero) is 1. The zero-order valence-electron chi connectivity index (χ0n) is 12.8. The molecule has 1 N–H and O–H groups in total. The second kappa shape index (κ2) is 7.25. The Morgan fingerprint density at radius 2 is 2.05 bits per heavy atom. The van der Waals surface area contributed by atoms with Gasteiger partial charge in [0.2, 0.25) is 0 Å². The highest BCUT2D eigenvalue weighted by atomic mass is 16.7. The van der Waals surface area contributed by atoms with Crippen molar-refractivity contribution in [3.63, 3.8) is 0 Å². The number of anilines is 1. The van der Waals surface area contributed by atoms with E-state index in [9.17, 15) is 9.59 Å². The van der Waals surface area contributed by atoms with Crippen molar-refractivity contribution in [2.75, 3.05) is 5.48 Å². The third-order valence-corrected chi connectivity index (χ3v) is 3.86. The van der Waals surface area contributed by atoms with Crippen LogP contribution in [0, 0.1) is 0 Å². The molecule has 0 spiro atoms. The summed E-state index contributed by atoms with van der Waals surface area (Å²) in [6.07, 6.45) is 7.08. The van der Waals surface area contributed by atoms with Gasteiger partial charge in [-0.25, -0.2) is 5.48 Å². The second-order valence-electron chi connectivity index (χ2n) is 5.60. The molecule has 1 aliphatic rings. The lowest BCUT2D eigenvalue weighted by Gasteiger charge is -2.13. The number of ketones is 1. The van der Waals surface area contributed by atoms with Crippen LogP contribution in [0.25, 0.3) is 0 Å². The van der Waals surface area contributed by atoms with Crippen molar-refractivity contribution in [1.29, 1.82) is 0 Å². The summed E-state index contributed by atoms with van der Waals surface area (Å²) in [5.74, 6) is -0.216. The van der Waals surface area contributed by atoms with E-state index in [1.807, 2.05) is 6.07 Å². The van der Waals surface area contributed by atoms with Gasteiger partial charge in [-0.05, 0) is 36.5 Å². The quantitative estimate of drug-likeness (QED) is 0.612. The maximum absolute atomic E-state index is 11.8. The lowest BCUT2D eigenvalue weighted by molar-refractivity contribution is -0.138. The minimum Gasteiger partial charge on any atom is -0.344 e. The second-order valence-corrected chi connectivity index (χ2v) is 5.60. The van der Waals surface area contributed by atoms with Crippen molar-refractivity contribution in [3.8, 4) is 0 Å². The number of unbranched alkanes of at least 4 members (excludes halogenated alkanes) is 3. The third kappa shape index (κ3) is 4.06. The summed E-state index contributed by atoms with van der Waals surface area (Å²) < 4.78 is 0. The van der Waals surface area contributed by atoms with Gasteiger partial charge in [-0.2, -0.15) is 0 Å². The number of fused-ring (bicyclic) bond motifs is 1. The smallest absolute Gasteiger partial charge is 0.329 e. The van der Waals surface area contributed by atoms with E-state index < -0.39 is 5.97 Å². The molecule has 0 saturated heterocycles. The third-order valence-electron chi connectivity index (χ3n) is 3.86. The van der Waals surface area contributed by atoms with E-state index in [0.29, 0.717) is 6.42 Å². The van der Waals surface area contributed by atoms with Gasteiger partial charge in [-0.15, -0.1) is 0 Å². The summed E-state index contributed by atoms with van der Waals surface area (Å²) in [4.78, 5) is 27.7. The van der Waals surface area contributed by atoms with Crippen molar-refractivity contribution in [2.45, 2.75) is 58.8 Å². The summed E-state index contributed by atoms with van der Waals surface area (Å²) in [7, 11) is 0. The summed E-state index contributed by atoms with van der Waals surface area (Å²) in [6, 6.07) is 3.93. The molecule has 0 bridgehead atoms. The summed E-state index contributed by atoms with van der Waals surface area (Å²) in [6.45, 7) is 3.54. The number of carbonyl (C=O) groups is 2. The highest BCUT2D eigenvalue weighted by Crippen LogP contribution is 2.29.